The number of hydrogen-bond acceptors (Lipinski definition) is 3. The first-order chi connectivity index (χ1) is 8.59. The van der Waals surface area contributed by atoms with Gasteiger partial charge in [-0.15, -0.1) is 0 Å². The lowest BCUT2D eigenvalue weighted by molar-refractivity contribution is 0.339. The predicted octanol–water partition coefficient (Wildman–Crippen LogP) is 3.12. The third-order valence-corrected chi connectivity index (χ3v) is 4.17. The van der Waals surface area contributed by atoms with Crippen molar-refractivity contribution >= 4 is 5.82 Å². The fraction of sp³-hybridized carbons (Fsp3) is 0.667. The molecule has 1 aromatic heterocycles. The van der Waals surface area contributed by atoms with Crippen LogP contribution < -0.4 is 10.6 Å². The summed E-state index contributed by atoms with van der Waals surface area (Å²) < 4.78 is 0. The third kappa shape index (κ3) is 2.83. The summed E-state index contributed by atoms with van der Waals surface area (Å²) in [5, 5.41) is 0. The lowest BCUT2D eigenvalue weighted by atomic mass is 9.86. The van der Waals surface area contributed by atoms with E-state index in [0.717, 1.165) is 17.3 Å². The van der Waals surface area contributed by atoms with Crippen LogP contribution in [0.1, 0.15) is 51.1 Å². The molecule has 3 heteroatoms. The van der Waals surface area contributed by atoms with Gasteiger partial charge in [0.15, 0.2) is 0 Å². The maximum absolute atomic E-state index is 6.04. The van der Waals surface area contributed by atoms with Gasteiger partial charge >= 0.3 is 0 Å². The van der Waals surface area contributed by atoms with Crippen molar-refractivity contribution in [3.05, 3.63) is 23.9 Å². The summed E-state index contributed by atoms with van der Waals surface area (Å²) in [6, 6.07) is 4.72. The molecule has 1 aliphatic carbocycles. The molecular formula is C15H25N3. The Balaban J connectivity index is 2.15. The quantitative estimate of drug-likeness (QED) is 0.892. The Labute approximate surface area is 110 Å². The molecule has 0 spiro atoms. The molecule has 100 valence electrons. The molecule has 0 aromatic carbocycles. The zero-order valence-electron chi connectivity index (χ0n) is 11.8. The predicted molar refractivity (Wildman–Crippen MR) is 76.7 cm³/mol. The van der Waals surface area contributed by atoms with Crippen LogP contribution in [-0.4, -0.2) is 18.1 Å². The first-order valence-electron chi connectivity index (χ1n) is 7.03. The molecule has 1 heterocycles. The lowest BCUT2D eigenvalue weighted by Gasteiger charge is -2.35. The summed E-state index contributed by atoms with van der Waals surface area (Å²) in [4.78, 5) is 6.88. The number of nitrogens with zero attached hydrogens (tertiary/aromatic N) is 2. The van der Waals surface area contributed by atoms with E-state index in [0.29, 0.717) is 6.04 Å². The number of rotatable bonds is 3. The van der Waals surface area contributed by atoms with Gasteiger partial charge in [0.25, 0.3) is 0 Å². The van der Waals surface area contributed by atoms with Crippen LogP contribution >= 0.6 is 0 Å². The van der Waals surface area contributed by atoms with Crippen LogP contribution in [0.15, 0.2) is 18.3 Å². The Hall–Kier alpha value is -1.09. The standard InChI is InChI=1S/C15H25N3/c1-11-6-8-13(9-7-11)18(3)15-14(12(2)16)5-4-10-17-15/h4-5,10-13H,6-9,16H2,1-3H3. The van der Waals surface area contributed by atoms with Gasteiger partial charge in [-0.2, -0.15) is 0 Å². The van der Waals surface area contributed by atoms with E-state index in [1.165, 1.54) is 25.7 Å². The van der Waals surface area contributed by atoms with Crippen molar-refractivity contribution in [2.75, 3.05) is 11.9 Å². The first kappa shape index (κ1) is 13.3. The number of hydrogen-bond donors (Lipinski definition) is 1. The van der Waals surface area contributed by atoms with Gasteiger partial charge in [0, 0.05) is 30.9 Å². The van der Waals surface area contributed by atoms with Crippen LogP contribution in [0.2, 0.25) is 0 Å². The Morgan fingerprint density at radius 2 is 2.00 bits per heavy atom. The highest BCUT2D eigenvalue weighted by molar-refractivity contribution is 5.48. The molecule has 0 aliphatic heterocycles. The second kappa shape index (κ2) is 5.70. The molecule has 2 N–H and O–H groups in total. The zero-order valence-corrected chi connectivity index (χ0v) is 11.8. The molecule has 1 aliphatic rings. The van der Waals surface area contributed by atoms with Crippen molar-refractivity contribution < 1.29 is 0 Å². The van der Waals surface area contributed by atoms with Gasteiger partial charge < -0.3 is 10.6 Å². The van der Waals surface area contributed by atoms with E-state index < -0.39 is 0 Å². The minimum Gasteiger partial charge on any atom is -0.356 e. The molecular weight excluding hydrogens is 222 g/mol. The lowest BCUT2D eigenvalue weighted by Crippen LogP contribution is -2.36. The second-order valence-electron chi connectivity index (χ2n) is 5.73. The summed E-state index contributed by atoms with van der Waals surface area (Å²) in [6.07, 6.45) is 7.06. The smallest absolute Gasteiger partial charge is 0.133 e. The van der Waals surface area contributed by atoms with E-state index in [1.807, 2.05) is 19.2 Å². The molecule has 3 nitrogen and oxygen atoms in total. The average Bonchev–Trinajstić information content (AvgIpc) is 2.39. The molecule has 1 saturated carbocycles. The Morgan fingerprint density at radius 3 is 2.61 bits per heavy atom. The summed E-state index contributed by atoms with van der Waals surface area (Å²) in [6.45, 7) is 4.38. The van der Waals surface area contributed by atoms with E-state index in [9.17, 15) is 0 Å². The molecule has 1 fully saturated rings. The van der Waals surface area contributed by atoms with Crippen molar-refractivity contribution in [1.29, 1.82) is 0 Å². The minimum absolute atomic E-state index is 0.0404. The fourth-order valence-electron chi connectivity index (χ4n) is 2.86. The average molecular weight is 247 g/mol. The van der Waals surface area contributed by atoms with Crippen LogP contribution in [0.25, 0.3) is 0 Å². The topological polar surface area (TPSA) is 42.2 Å². The van der Waals surface area contributed by atoms with E-state index in [4.69, 9.17) is 5.73 Å². The number of nitrogens with two attached hydrogens (primary N) is 1. The van der Waals surface area contributed by atoms with E-state index >= 15 is 0 Å². The van der Waals surface area contributed by atoms with Crippen molar-refractivity contribution in [2.24, 2.45) is 11.7 Å². The minimum atomic E-state index is 0.0404. The van der Waals surface area contributed by atoms with Crippen molar-refractivity contribution in [1.82, 2.24) is 4.98 Å². The van der Waals surface area contributed by atoms with Crippen molar-refractivity contribution in [3.63, 3.8) is 0 Å². The monoisotopic (exact) mass is 247 g/mol. The summed E-state index contributed by atoms with van der Waals surface area (Å²) in [7, 11) is 2.16. The second-order valence-corrected chi connectivity index (χ2v) is 5.73. The van der Waals surface area contributed by atoms with Gasteiger partial charge in [-0.3, -0.25) is 0 Å². The van der Waals surface area contributed by atoms with Crippen LogP contribution in [0, 0.1) is 5.92 Å². The first-order valence-corrected chi connectivity index (χ1v) is 7.03. The fourth-order valence-corrected chi connectivity index (χ4v) is 2.86. The summed E-state index contributed by atoms with van der Waals surface area (Å²) in [5.74, 6) is 1.94. The zero-order chi connectivity index (χ0) is 13.1. The molecule has 2 rings (SSSR count). The van der Waals surface area contributed by atoms with Gasteiger partial charge in [0.2, 0.25) is 0 Å². The van der Waals surface area contributed by atoms with Crippen molar-refractivity contribution in [3.8, 4) is 0 Å². The molecule has 1 aromatic rings. The number of pyridine rings is 1. The number of aromatic nitrogens is 1. The van der Waals surface area contributed by atoms with Crippen LogP contribution in [-0.2, 0) is 0 Å². The van der Waals surface area contributed by atoms with Crippen molar-refractivity contribution in [2.45, 2.75) is 51.6 Å². The molecule has 0 saturated heterocycles. The molecule has 0 amide bonds. The highest BCUT2D eigenvalue weighted by Gasteiger charge is 2.24. The van der Waals surface area contributed by atoms with Crippen LogP contribution in [0.5, 0.6) is 0 Å². The van der Waals surface area contributed by atoms with Crippen LogP contribution in [0.4, 0.5) is 5.82 Å². The van der Waals surface area contributed by atoms with Gasteiger partial charge in [0.05, 0.1) is 0 Å². The van der Waals surface area contributed by atoms with E-state index in [-0.39, 0.29) is 6.04 Å². The third-order valence-electron chi connectivity index (χ3n) is 4.17. The molecule has 0 bridgehead atoms. The summed E-state index contributed by atoms with van der Waals surface area (Å²) in [5.41, 5.74) is 7.19. The van der Waals surface area contributed by atoms with Gasteiger partial charge in [0.1, 0.15) is 5.82 Å². The maximum Gasteiger partial charge on any atom is 0.133 e. The molecule has 1 atom stereocenters. The van der Waals surface area contributed by atoms with E-state index in [2.05, 4.69) is 29.9 Å². The van der Waals surface area contributed by atoms with E-state index in [1.54, 1.807) is 0 Å². The van der Waals surface area contributed by atoms with Crippen LogP contribution in [0.3, 0.4) is 0 Å². The summed E-state index contributed by atoms with van der Waals surface area (Å²) >= 11 is 0. The number of anilines is 1. The Morgan fingerprint density at radius 1 is 1.33 bits per heavy atom. The van der Waals surface area contributed by atoms with Gasteiger partial charge in [-0.25, -0.2) is 4.98 Å². The van der Waals surface area contributed by atoms with Gasteiger partial charge in [-0.1, -0.05) is 13.0 Å². The Kier molecular flexibility index (Phi) is 4.23. The van der Waals surface area contributed by atoms with Gasteiger partial charge in [-0.05, 0) is 44.6 Å². The SMILES string of the molecule is CC1CCC(N(C)c2ncccc2C(C)N)CC1. The molecule has 18 heavy (non-hydrogen) atoms. The highest BCUT2D eigenvalue weighted by atomic mass is 15.2. The largest absolute Gasteiger partial charge is 0.356 e. The molecule has 0 radical (unpaired) electrons. The highest BCUT2D eigenvalue weighted by Crippen LogP contribution is 2.31. The molecule has 1 unspecified atom stereocenters. The maximum atomic E-state index is 6.04. The normalized spacial score (nSPS) is 25.8. The Bertz CT molecular complexity index is 381.